The Morgan fingerprint density at radius 1 is 0.259 bits per heavy atom. The van der Waals surface area contributed by atoms with Crippen molar-refractivity contribution in [1.82, 2.24) is 39.8 Å². The molecule has 4 amide bonds. The van der Waals surface area contributed by atoms with Gasteiger partial charge in [-0.1, -0.05) is 209 Å². The third kappa shape index (κ3) is 33.6. The maximum atomic E-state index is 13.7. The number of aromatic amines is 1. The molecule has 9 aromatic carbocycles. The van der Waals surface area contributed by atoms with Crippen LogP contribution in [-0.4, -0.2) is 158 Å². The lowest BCUT2D eigenvalue weighted by Gasteiger charge is -2.30. The summed E-state index contributed by atoms with van der Waals surface area (Å²) in [6, 6.07) is 81.8. The summed E-state index contributed by atoms with van der Waals surface area (Å²) in [6.45, 7) is 4.15. The number of pyridine rings is 2. The van der Waals surface area contributed by atoms with Crippen molar-refractivity contribution in [2.24, 2.45) is 0 Å². The topological polar surface area (TPSA) is 322 Å². The van der Waals surface area contributed by atoms with Crippen LogP contribution in [0, 0.1) is 0 Å². The molecule has 0 atom stereocenters. The molecule has 4 aliphatic carbocycles. The quantitative estimate of drug-likeness (QED) is 0.0221. The summed E-state index contributed by atoms with van der Waals surface area (Å²) in [7, 11) is 0. The molecule has 748 valence electrons. The Balaban J connectivity index is 0.000000160. The molecule has 24 nitrogen and oxygen atoms in total. The molecule has 143 heavy (non-hydrogen) atoms. The van der Waals surface area contributed by atoms with Crippen molar-refractivity contribution in [3.63, 3.8) is 0 Å². The van der Waals surface area contributed by atoms with Gasteiger partial charge in [0.15, 0.2) is 0 Å². The second-order valence-electron chi connectivity index (χ2n) is 37.3. The lowest BCUT2D eigenvalue weighted by Crippen LogP contribution is -2.38. The zero-order valence-corrected chi connectivity index (χ0v) is 82.0. The summed E-state index contributed by atoms with van der Waals surface area (Å²) in [5, 5.41) is 42.0. The standard InChI is InChI=1S/C31H35NO4.2C30H34N2O4.C28H33N3O4/c33-30(34)17-5-2-10-22-36-29-16-9-6-13-27(29)23-32(28-14-7-8-15-28)31(35)26-20-18-25(19-21-26)24-11-3-1-4-12-24;33-29(34)14-2-1-7-20-36-28-13-6-3-9-26(28)22-32(27-11-4-5-12-27)30(35)24-17-15-23(16-18-24)25-10-8-19-31-21-25;33-29(34)12-2-1-7-21-36-28-11-6-3-8-26(28)22-32(27-9-4-5-10-27)30(35)25-15-13-23(14-16-25)24-17-19-31-20-18-24;32-27(33)12-2-1-7-17-35-26-11-6-3-8-23(26)20-31(25-9-4-5-10-25)28(34)22-15-13-21(14-16-22)24-18-29-30-19-24/h1,3-4,6,9,11-13,16,18-21,28H,2,5,7-8,10,14-15,17,22-23H2,(H,33,34);3,6,8-10,13,15-19,21,27H,1-2,4-5,7,11-12,14,20,22H2,(H,33,34);3,6,8,11,13-20,27H,1-2,4-5,7,9-10,12,21-22H2,(H,33,34);3,6,8,11,13-16,18-19,25H,1-2,4-5,7,9-10,12,17,20H2,(H,29,30)(H,32,33). The molecular weight excluding hydrogens is 1800 g/mol. The normalized spacial score (nSPS) is 13.5. The average molecular weight is 1930 g/mol. The highest BCUT2D eigenvalue weighted by Gasteiger charge is 2.34. The first-order valence-electron chi connectivity index (χ1n) is 51.2. The number of carbonyl (C=O) groups is 8. The number of hydrogen-bond donors (Lipinski definition) is 5. The van der Waals surface area contributed by atoms with Crippen molar-refractivity contribution >= 4 is 47.5 Å². The largest absolute Gasteiger partial charge is 0.493 e. The monoisotopic (exact) mass is 1930 g/mol. The van der Waals surface area contributed by atoms with E-state index in [0.717, 1.165) is 244 Å². The molecule has 3 aromatic heterocycles. The van der Waals surface area contributed by atoms with Crippen molar-refractivity contribution < 1.29 is 77.7 Å². The van der Waals surface area contributed by atoms with E-state index in [4.69, 9.17) is 39.4 Å². The predicted octanol–water partition coefficient (Wildman–Crippen LogP) is 25.4. The van der Waals surface area contributed by atoms with Crippen LogP contribution >= 0.6 is 0 Å². The van der Waals surface area contributed by atoms with E-state index in [0.29, 0.717) is 101 Å². The molecule has 0 aliphatic heterocycles. The van der Waals surface area contributed by atoms with Crippen LogP contribution in [0.4, 0.5) is 0 Å². The van der Waals surface area contributed by atoms with Gasteiger partial charge in [0.25, 0.3) is 23.6 Å². The Kier molecular flexibility index (Phi) is 42.4. The molecule has 4 fully saturated rings. The van der Waals surface area contributed by atoms with E-state index in [9.17, 15) is 38.4 Å². The Bertz CT molecular complexity index is 5480. The third-order valence-corrected chi connectivity index (χ3v) is 27.0. The minimum absolute atomic E-state index is 0.0408. The van der Waals surface area contributed by atoms with Gasteiger partial charge in [-0.05, 0) is 258 Å². The zero-order chi connectivity index (χ0) is 100.0. The molecule has 0 spiro atoms. The van der Waals surface area contributed by atoms with E-state index in [1.54, 1.807) is 24.8 Å². The fourth-order valence-electron chi connectivity index (χ4n) is 19.1. The summed E-state index contributed by atoms with van der Waals surface area (Å²) < 4.78 is 24.3. The van der Waals surface area contributed by atoms with Crippen molar-refractivity contribution in [1.29, 1.82) is 0 Å². The molecule has 24 heteroatoms. The number of unbranched alkanes of at least 4 members (excludes halogenated alkanes) is 8. The first-order chi connectivity index (χ1) is 70.0. The molecule has 4 aliphatic rings. The number of aromatic nitrogens is 4. The minimum Gasteiger partial charge on any atom is -0.493 e. The molecule has 16 rings (SSSR count). The second kappa shape index (κ2) is 57.4. The molecule has 5 N–H and O–H groups in total. The molecule has 4 saturated carbocycles. The summed E-state index contributed by atoms with van der Waals surface area (Å²) in [6.07, 6.45) is 37.9. The van der Waals surface area contributed by atoms with Gasteiger partial charge in [0.1, 0.15) is 23.0 Å². The van der Waals surface area contributed by atoms with Crippen molar-refractivity contribution in [3.8, 4) is 67.5 Å². The number of benzene rings is 9. The number of amides is 4. The van der Waals surface area contributed by atoms with Gasteiger partial charge >= 0.3 is 23.9 Å². The molecule has 0 saturated heterocycles. The average Bonchev–Trinajstić information content (AvgIpc) is 1.77. The zero-order valence-electron chi connectivity index (χ0n) is 82.0. The van der Waals surface area contributed by atoms with Gasteiger partial charge in [0.05, 0.1) is 32.6 Å². The number of nitrogens with one attached hydrogen (secondary N) is 1. The van der Waals surface area contributed by atoms with E-state index >= 15 is 0 Å². The number of H-pyrrole nitrogens is 1. The molecule has 12 aromatic rings. The van der Waals surface area contributed by atoms with Crippen LogP contribution in [0.3, 0.4) is 0 Å². The molecule has 3 heterocycles. The van der Waals surface area contributed by atoms with Crippen LogP contribution in [0.5, 0.6) is 23.0 Å². The highest BCUT2D eigenvalue weighted by atomic mass is 16.5. The first kappa shape index (κ1) is 106. The number of nitrogens with zero attached hydrogens (tertiary/aromatic N) is 7. The molecule has 0 bridgehead atoms. The van der Waals surface area contributed by atoms with Crippen molar-refractivity contribution in [2.45, 2.75) is 256 Å². The highest BCUT2D eigenvalue weighted by Crippen LogP contribution is 2.37. The second-order valence-corrected chi connectivity index (χ2v) is 37.3. The highest BCUT2D eigenvalue weighted by molar-refractivity contribution is 5.97. The van der Waals surface area contributed by atoms with Gasteiger partial charge in [0, 0.05) is 157 Å². The fourth-order valence-corrected chi connectivity index (χ4v) is 19.1. The number of aliphatic carboxylic acids is 4. The van der Waals surface area contributed by atoms with Gasteiger partial charge in [-0.15, -0.1) is 0 Å². The van der Waals surface area contributed by atoms with Crippen LogP contribution in [0.15, 0.2) is 286 Å². The van der Waals surface area contributed by atoms with Gasteiger partial charge in [0.2, 0.25) is 0 Å². The number of para-hydroxylation sites is 4. The van der Waals surface area contributed by atoms with E-state index in [-0.39, 0.29) is 73.5 Å². The number of rotatable bonds is 48. The number of carboxylic acids is 4. The van der Waals surface area contributed by atoms with Crippen LogP contribution in [-0.2, 0) is 45.4 Å². The third-order valence-electron chi connectivity index (χ3n) is 27.0. The van der Waals surface area contributed by atoms with Crippen LogP contribution < -0.4 is 18.9 Å². The fraction of sp³-hybridized carbons (Fsp3) is 0.370. The van der Waals surface area contributed by atoms with Gasteiger partial charge < -0.3 is 59.0 Å². The Morgan fingerprint density at radius 3 is 0.790 bits per heavy atom. The number of hydrogen-bond acceptors (Lipinski definition) is 15. The molecular formula is C119H136N8O16. The van der Waals surface area contributed by atoms with Gasteiger partial charge in [-0.3, -0.25) is 53.4 Å². The van der Waals surface area contributed by atoms with E-state index in [1.165, 1.54) is 0 Å². The van der Waals surface area contributed by atoms with Crippen molar-refractivity contribution in [2.75, 3.05) is 26.4 Å². The number of carboxylic acid groups (broad SMARTS) is 4. The Labute approximate surface area is 840 Å². The van der Waals surface area contributed by atoms with E-state index in [1.807, 2.05) is 269 Å². The Morgan fingerprint density at radius 2 is 0.517 bits per heavy atom. The number of carbonyl (C=O) groups excluding carboxylic acids is 4. The first-order valence-corrected chi connectivity index (χ1v) is 51.2. The van der Waals surface area contributed by atoms with Gasteiger partial charge in [-0.2, -0.15) is 5.10 Å². The summed E-state index contributed by atoms with van der Waals surface area (Å²) in [5.74, 6) is 0.325. The summed E-state index contributed by atoms with van der Waals surface area (Å²) in [4.78, 5) is 114. The van der Waals surface area contributed by atoms with Gasteiger partial charge in [-0.25, -0.2) is 0 Å². The van der Waals surface area contributed by atoms with Crippen LogP contribution in [0.25, 0.3) is 44.5 Å². The lowest BCUT2D eigenvalue weighted by atomic mass is 10.0. The van der Waals surface area contributed by atoms with Crippen LogP contribution in [0.1, 0.15) is 269 Å². The van der Waals surface area contributed by atoms with Crippen LogP contribution in [0.2, 0.25) is 0 Å². The van der Waals surface area contributed by atoms with E-state index < -0.39 is 23.9 Å². The maximum Gasteiger partial charge on any atom is 0.303 e. The summed E-state index contributed by atoms with van der Waals surface area (Å²) in [5.41, 5.74) is 15.2. The maximum absolute atomic E-state index is 13.7. The smallest absolute Gasteiger partial charge is 0.303 e. The predicted molar refractivity (Wildman–Crippen MR) is 556 cm³/mol. The minimum atomic E-state index is -0.760. The summed E-state index contributed by atoms with van der Waals surface area (Å²) >= 11 is 0. The van der Waals surface area contributed by atoms with E-state index in [2.05, 4.69) is 32.3 Å². The Hall–Kier alpha value is -14.6. The molecule has 0 unspecified atom stereocenters. The SMILES string of the molecule is O=C(O)CCCCCOc1ccccc1CN(C(=O)c1ccc(-c2ccccc2)cc1)C1CCCC1.O=C(O)CCCCCOc1ccccc1CN(C(=O)c1ccc(-c2cccnc2)cc1)C1CCCC1.O=C(O)CCCCCOc1ccccc1CN(C(=O)c1ccc(-c2ccncc2)cc1)C1CCCC1.O=C(O)CCCCCOc1ccccc1CN(C(=O)c1ccc(-c2cn[nH]c2)cc1)C1CCCC1. The molecule has 0 radical (unpaired) electrons. The number of ether oxygens (including phenoxy) is 4. The van der Waals surface area contributed by atoms with Crippen molar-refractivity contribution in [3.05, 3.63) is 330 Å². The lowest BCUT2D eigenvalue weighted by molar-refractivity contribution is -0.138.